The summed E-state index contributed by atoms with van der Waals surface area (Å²) in [5.41, 5.74) is 2.87. The van der Waals surface area contributed by atoms with Gasteiger partial charge in [-0.05, 0) is 56.2 Å². The number of hydrogen-bond donors (Lipinski definition) is 0. The SMILES string of the molecule is CC.CC.CCOC(=O)COCC1c2cccn2CCN1S(=O)c1c(C)cc(OC)cc1C. The second-order valence-corrected chi connectivity index (χ2v) is 8.32. The second kappa shape index (κ2) is 14.9. The molecule has 8 heteroatoms. The van der Waals surface area contributed by atoms with Gasteiger partial charge in [0.25, 0.3) is 0 Å². The number of rotatable bonds is 8. The van der Waals surface area contributed by atoms with Gasteiger partial charge < -0.3 is 18.8 Å². The van der Waals surface area contributed by atoms with E-state index in [-0.39, 0.29) is 19.3 Å². The molecule has 2 heterocycles. The van der Waals surface area contributed by atoms with Gasteiger partial charge in [0.05, 0.1) is 31.3 Å². The standard InChI is InChI=1S/C21H28N2O5S.2C2H6/c1-5-28-20(24)14-27-13-19-18-7-6-8-22(18)9-10-23(19)29(25)21-15(2)11-17(26-4)12-16(21)3;2*1-2/h6-8,11-12,19H,5,9-10,13-14H2,1-4H3;2*1-2H3. The van der Waals surface area contributed by atoms with Crippen LogP contribution < -0.4 is 4.74 Å². The highest BCUT2D eigenvalue weighted by Crippen LogP contribution is 2.33. The monoisotopic (exact) mass is 480 g/mol. The van der Waals surface area contributed by atoms with E-state index < -0.39 is 17.0 Å². The molecule has 0 amide bonds. The summed E-state index contributed by atoms with van der Waals surface area (Å²) in [5, 5.41) is 0. The van der Waals surface area contributed by atoms with Crippen LogP contribution in [0.15, 0.2) is 35.4 Å². The van der Waals surface area contributed by atoms with E-state index in [1.165, 1.54) is 0 Å². The summed E-state index contributed by atoms with van der Waals surface area (Å²) in [7, 11) is 0.252. The average Bonchev–Trinajstić information content (AvgIpc) is 3.30. The molecule has 3 rings (SSSR count). The highest BCUT2D eigenvalue weighted by Gasteiger charge is 2.33. The van der Waals surface area contributed by atoms with E-state index in [4.69, 9.17) is 14.2 Å². The molecule has 1 aromatic carbocycles. The molecule has 33 heavy (non-hydrogen) atoms. The van der Waals surface area contributed by atoms with Gasteiger partial charge in [-0.2, -0.15) is 0 Å². The maximum atomic E-state index is 13.6. The Bertz CT molecular complexity index is 874. The minimum absolute atomic E-state index is 0.119. The Balaban J connectivity index is 0.00000129. The van der Waals surface area contributed by atoms with Crippen molar-refractivity contribution in [1.29, 1.82) is 0 Å². The van der Waals surface area contributed by atoms with E-state index in [9.17, 15) is 9.00 Å². The minimum atomic E-state index is -1.37. The molecule has 0 spiro atoms. The zero-order valence-electron chi connectivity index (χ0n) is 21.3. The Morgan fingerprint density at radius 3 is 2.33 bits per heavy atom. The molecule has 0 bridgehead atoms. The summed E-state index contributed by atoms with van der Waals surface area (Å²) in [6.45, 7) is 15.5. The summed E-state index contributed by atoms with van der Waals surface area (Å²) >= 11 is 0. The quantitative estimate of drug-likeness (QED) is 0.507. The first-order valence-corrected chi connectivity index (χ1v) is 12.8. The fourth-order valence-corrected chi connectivity index (χ4v) is 5.24. The van der Waals surface area contributed by atoms with Gasteiger partial charge in [-0.15, -0.1) is 0 Å². The van der Waals surface area contributed by atoms with E-state index in [1.54, 1.807) is 14.0 Å². The molecule has 0 fully saturated rings. The molecule has 2 aromatic rings. The number of nitrogens with zero attached hydrogens (tertiary/aromatic N) is 2. The highest BCUT2D eigenvalue weighted by atomic mass is 32.2. The third kappa shape index (κ3) is 7.42. The van der Waals surface area contributed by atoms with E-state index in [0.29, 0.717) is 13.2 Å². The first-order valence-electron chi connectivity index (χ1n) is 11.7. The van der Waals surface area contributed by atoms with Crippen LogP contribution in [0.2, 0.25) is 0 Å². The molecule has 0 N–H and O–H groups in total. The van der Waals surface area contributed by atoms with Gasteiger partial charge in [-0.3, -0.25) is 0 Å². The second-order valence-electron chi connectivity index (χ2n) is 6.94. The lowest BCUT2D eigenvalue weighted by Crippen LogP contribution is -2.41. The fraction of sp³-hybridized carbons (Fsp3) is 0.560. The number of ether oxygens (including phenoxy) is 3. The third-order valence-electron chi connectivity index (χ3n) is 4.97. The normalized spacial score (nSPS) is 15.8. The smallest absolute Gasteiger partial charge is 0.332 e. The summed E-state index contributed by atoms with van der Waals surface area (Å²) in [6.07, 6.45) is 2.01. The summed E-state index contributed by atoms with van der Waals surface area (Å²) in [6, 6.07) is 7.56. The van der Waals surface area contributed by atoms with Gasteiger partial charge in [0.15, 0.2) is 0 Å². The number of methoxy groups -OCH3 is 1. The van der Waals surface area contributed by atoms with E-state index in [2.05, 4.69) is 4.57 Å². The molecular weight excluding hydrogens is 440 g/mol. The number of carbonyl (C=O) groups is 1. The maximum absolute atomic E-state index is 13.6. The third-order valence-corrected chi connectivity index (χ3v) is 6.83. The van der Waals surface area contributed by atoms with Crippen molar-refractivity contribution in [2.24, 2.45) is 0 Å². The zero-order valence-corrected chi connectivity index (χ0v) is 22.2. The maximum Gasteiger partial charge on any atom is 0.332 e. The molecule has 1 aliphatic heterocycles. The van der Waals surface area contributed by atoms with Crippen molar-refractivity contribution < 1.29 is 23.2 Å². The molecule has 2 atom stereocenters. The molecule has 0 aliphatic carbocycles. The lowest BCUT2D eigenvalue weighted by atomic mass is 10.1. The van der Waals surface area contributed by atoms with Crippen molar-refractivity contribution in [2.45, 2.75) is 65.9 Å². The minimum Gasteiger partial charge on any atom is -0.497 e. The number of aromatic nitrogens is 1. The Hall–Kier alpha value is -2.16. The number of benzene rings is 1. The van der Waals surface area contributed by atoms with Crippen molar-refractivity contribution >= 4 is 17.0 Å². The summed E-state index contributed by atoms with van der Waals surface area (Å²) < 4.78 is 33.6. The summed E-state index contributed by atoms with van der Waals surface area (Å²) in [4.78, 5) is 12.4. The Kier molecular flexibility index (Phi) is 13.0. The van der Waals surface area contributed by atoms with Crippen molar-refractivity contribution in [2.75, 3.05) is 33.5 Å². The van der Waals surface area contributed by atoms with E-state index >= 15 is 0 Å². The van der Waals surface area contributed by atoms with Crippen molar-refractivity contribution in [1.82, 2.24) is 8.87 Å². The molecule has 1 aromatic heterocycles. The zero-order chi connectivity index (χ0) is 25.0. The first-order chi connectivity index (χ1) is 16.0. The van der Waals surface area contributed by atoms with Gasteiger partial charge in [0.1, 0.15) is 23.3 Å². The van der Waals surface area contributed by atoms with Crippen LogP contribution in [0.1, 0.15) is 57.5 Å². The summed E-state index contributed by atoms with van der Waals surface area (Å²) in [5.74, 6) is 0.357. The van der Waals surface area contributed by atoms with Crippen LogP contribution in [0.5, 0.6) is 5.75 Å². The lowest BCUT2D eigenvalue weighted by Gasteiger charge is -2.36. The van der Waals surface area contributed by atoms with Crippen LogP contribution in [-0.4, -0.2) is 52.5 Å². The van der Waals surface area contributed by atoms with Gasteiger partial charge in [-0.25, -0.2) is 13.3 Å². The van der Waals surface area contributed by atoms with Crippen molar-refractivity contribution in [3.8, 4) is 5.75 Å². The van der Waals surface area contributed by atoms with Gasteiger partial charge in [0.2, 0.25) is 0 Å². The molecule has 7 nitrogen and oxygen atoms in total. The molecule has 186 valence electrons. The Morgan fingerprint density at radius 1 is 1.12 bits per heavy atom. The molecule has 2 unspecified atom stereocenters. The van der Waals surface area contributed by atoms with Gasteiger partial charge >= 0.3 is 5.97 Å². The molecule has 1 aliphatic rings. The largest absolute Gasteiger partial charge is 0.497 e. The Morgan fingerprint density at radius 2 is 1.76 bits per heavy atom. The van der Waals surface area contributed by atoms with Crippen LogP contribution in [0.3, 0.4) is 0 Å². The number of fused-ring (bicyclic) bond motifs is 1. The van der Waals surface area contributed by atoms with Crippen molar-refractivity contribution in [3.63, 3.8) is 0 Å². The molecule has 0 radical (unpaired) electrons. The Labute approximate surface area is 201 Å². The molecule has 0 saturated carbocycles. The van der Waals surface area contributed by atoms with Crippen LogP contribution in [-0.2, 0) is 31.8 Å². The predicted octanol–water partition coefficient (Wildman–Crippen LogP) is 4.83. The molecular formula is C25H40N2O5S. The lowest BCUT2D eigenvalue weighted by molar-refractivity contribution is -0.148. The van der Waals surface area contributed by atoms with E-state index in [0.717, 1.165) is 34.0 Å². The van der Waals surface area contributed by atoms with Gasteiger partial charge in [-0.1, -0.05) is 27.7 Å². The van der Waals surface area contributed by atoms with Crippen LogP contribution in [0.25, 0.3) is 0 Å². The van der Waals surface area contributed by atoms with E-state index in [1.807, 2.05) is 76.3 Å². The molecule has 0 saturated heterocycles. The van der Waals surface area contributed by atoms with Crippen LogP contribution in [0.4, 0.5) is 0 Å². The first kappa shape index (κ1) is 28.9. The number of aryl methyl sites for hydroxylation is 2. The number of hydrogen-bond acceptors (Lipinski definition) is 5. The highest BCUT2D eigenvalue weighted by molar-refractivity contribution is 7.82. The topological polar surface area (TPSA) is 70.0 Å². The van der Waals surface area contributed by atoms with Crippen LogP contribution >= 0.6 is 0 Å². The van der Waals surface area contributed by atoms with Crippen LogP contribution in [0, 0.1) is 13.8 Å². The van der Waals surface area contributed by atoms with Crippen molar-refractivity contribution in [3.05, 3.63) is 47.3 Å². The average molecular weight is 481 g/mol. The fourth-order valence-electron chi connectivity index (χ4n) is 3.69. The predicted molar refractivity (Wildman–Crippen MR) is 133 cm³/mol. The number of esters is 1. The number of carbonyl (C=O) groups excluding carboxylic acids is 1. The van der Waals surface area contributed by atoms with Gasteiger partial charge in [0, 0.05) is 25.0 Å².